The average Bonchev–Trinajstić information content (AvgIpc) is 3.05. The van der Waals surface area contributed by atoms with Crippen molar-refractivity contribution in [2.75, 3.05) is 6.61 Å². The Morgan fingerprint density at radius 1 is 1.19 bits per heavy atom. The van der Waals surface area contributed by atoms with Crippen LogP contribution >= 0.6 is 11.3 Å². The van der Waals surface area contributed by atoms with Gasteiger partial charge >= 0.3 is 11.7 Å². The molecule has 0 bridgehead atoms. The number of thiophene rings is 1. The molecule has 0 saturated heterocycles. The Kier molecular flexibility index (Phi) is 5.06. The molecule has 2 aromatic heterocycles. The molecular weight excluding hydrogens is 364 g/mol. The van der Waals surface area contributed by atoms with Crippen molar-refractivity contribution < 1.29 is 9.53 Å². The number of carbonyl (C=O) groups is 1. The fraction of sp³-hybridized carbons (Fsp3) is 0.350. The Hall–Kier alpha value is -2.67. The van der Waals surface area contributed by atoms with Gasteiger partial charge in [-0.15, -0.1) is 11.3 Å². The van der Waals surface area contributed by atoms with Crippen LogP contribution in [0.25, 0.3) is 21.3 Å². The minimum atomic E-state index is -1.42. The summed E-state index contributed by atoms with van der Waals surface area (Å²) in [5.41, 5.74) is 0.297. The monoisotopic (exact) mass is 386 g/mol. The van der Waals surface area contributed by atoms with Crippen LogP contribution in [0.5, 0.6) is 0 Å². The molecule has 7 heteroatoms. The van der Waals surface area contributed by atoms with Gasteiger partial charge in [0, 0.05) is 10.9 Å². The average molecular weight is 386 g/mol. The van der Waals surface area contributed by atoms with E-state index >= 15 is 0 Å². The number of nitrogens with zero attached hydrogens (tertiary/aromatic N) is 1. The summed E-state index contributed by atoms with van der Waals surface area (Å²) in [4.78, 5) is 41.3. The maximum atomic E-state index is 13.2. The number of aromatic nitrogens is 2. The highest BCUT2D eigenvalue weighted by Gasteiger charge is 2.35. The predicted octanol–water partition coefficient (Wildman–Crippen LogP) is 3.28. The van der Waals surface area contributed by atoms with Crippen LogP contribution in [0.3, 0.4) is 0 Å². The van der Waals surface area contributed by atoms with E-state index in [1.165, 1.54) is 30.7 Å². The number of hydrogen-bond acceptors (Lipinski definition) is 5. The maximum Gasteiger partial charge on any atom is 0.332 e. The Bertz CT molecular complexity index is 1100. The van der Waals surface area contributed by atoms with Crippen LogP contribution in [0.2, 0.25) is 0 Å². The molecule has 6 nitrogen and oxygen atoms in total. The van der Waals surface area contributed by atoms with E-state index < -0.39 is 22.8 Å². The highest BCUT2D eigenvalue weighted by Crippen LogP contribution is 2.31. The molecule has 3 aromatic rings. The molecule has 0 unspecified atom stereocenters. The zero-order chi connectivity index (χ0) is 19.8. The number of rotatable bonds is 5. The molecule has 0 saturated carbocycles. The minimum absolute atomic E-state index is 0.171. The number of hydrogen-bond donors (Lipinski definition) is 1. The second kappa shape index (κ2) is 7.15. The third kappa shape index (κ3) is 3.23. The maximum absolute atomic E-state index is 13.2. The number of aryl methyl sites for hydroxylation is 1. The first kappa shape index (κ1) is 19.1. The van der Waals surface area contributed by atoms with Crippen LogP contribution in [0, 0.1) is 0 Å². The van der Waals surface area contributed by atoms with Crippen LogP contribution in [0.15, 0.2) is 39.2 Å². The molecule has 142 valence electrons. The molecule has 27 heavy (non-hydrogen) atoms. The minimum Gasteiger partial charge on any atom is -0.464 e. The van der Waals surface area contributed by atoms with Gasteiger partial charge in [0.05, 0.1) is 12.0 Å². The Morgan fingerprint density at radius 3 is 2.44 bits per heavy atom. The summed E-state index contributed by atoms with van der Waals surface area (Å²) in [7, 11) is 0. The normalized spacial score (nSPS) is 11.7. The van der Waals surface area contributed by atoms with Gasteiger partial charge in [-0.2, -0.15) is 0 Å². The molecule has 0 radical (unpaired) electrons. The molecule has 1 aromatic carbocycles. The summed E-state index contributed by atoms with van der Waals surface area (Å²) < 4.78 is 6.00. The lowest BCUT2D eigenvalue weighted by atomic mass is 10.0. The lowest BCUT2D eigenvalue weighted by Gasteiger charge is -2.24. The first-order valence-electron chi connectivity index (χ1n) is 8.84. The molecule has 2 heterocycles. The number of carbonyl (C=O) groups excluding carboxylic acids is 1. The van der Waals surface area contributed by atoms with Gasteiger partial charge in [-0.3, -0.25) is 9.78 Å². The van der Waals surface area contributed by atoms with Gasteiger partial charge in [-0.1, -0.05) is 31.2 Å². The molecule has 0 atom stereocenters. The SMILES string of the molecule is CCOC(=O)C(C)(C)n1c(=O)[nH]c2scc(-c3ccc(CC)cc3)c2c1=O. The third-order valence-corrected chi connectivity index (χ3v) is 5.53. The van der Waals surface area contributed by atoms with Crippen molar-refractivity contribution in [3.63, 3.8) is 0 Å². The van der Waals surface area contributed by atoms with E-state index in [1.54, 1.807) is 6.92 Å². The van der Waals surface area contributed by atoms with Crippen LogP contribution in [0.1, 0.15) is 33.3 Å². The van der Waals surface area contributed by atoms with Crippen molar-refractivity contribution in [3.05, 3.63) is 56.0 Å². The van der Waals surface area contributed by atoms with Crippen LogP contribution in [-0.4, -0.2) is 22.1 Å². The number of H-pyrrole nitrogens is 1. The van der Waals surface area contributed by atoms with E-state index in [9.17, 15) is 14.4 Å². The van der Waals surface area contributed by atoms with Crippen molar-refractivity contribution in [1.82, 2.24) is 9.55 Å². The third-order valence-electron chi connectivity index (χ3n) is 4.64. The van der Waals surface area contributed by atoms with E-state index in [1.807, 2.05) is 29.6 Å². The van der Waals surface area contributed by atoms with Crippen molar-refractivity contribution in [2.45, 2.75) is 39.7 Å². The van der Waals surface area contributed by atoms with Crippen molar-refractivity contribution >= 4 is 27.5 Å². The second-order valence-corrected chi connectivity index (χ2v) is 7.63. The Morgan fingerprint density at radius 2 is 1.85 bits per heavy atom. The quantitative estimate of drug-likeness (QED) is 0.683. The molecule has 0 aliphatic rings. The molecule has 3 rings (SSSR count). The predicted molar refractivity (Wildman–Crippen MR) is 107 cm³/mol. The molecule has 0 aliphatic heterocycles. The highest BCUT2D eigenvalue weighted by molar-refractivity contribution is 7.17. The lowest BCUT2D eigenvalue weighted by molar-refractivity contribution is -0.152. The fourth-order valence-corrected chi connectivity index (χ4v) is 4.01. The largest absolute Gasteiger partial charge is 0.464 e. The number of aromatic amines is 1. The van der Waals surface area contributed by atoms with Gasteiger partial charge < -0.3 is 4.74 Å². The molecule has 0 fully saturated rings. The first-order chi connectivity index (χ1) is 12.8. The van der Waals surface area contributed by atoms with E-state index in [4.69, 9.17) is 4.74 Å². The summed E-state index contributed by atoms with van der Waals surface area (Å²) in [6.07, 6.45) is 0.929. The van der Waals surface area contributed by atoms with Crippen LogP contribution in [0.4, 0.5) is 0 Å². The summed E-state index contributed by atoms with van der Waals surface area (Å²) >= 11 is 1.30. The molecule has 0 aliphatic carbocycles. The van der Waals surface area contributed by atoms with Crippen LogP contribution < -0.4 is 11.2 Å². The summed E-state index contributed by atoms with van der Waals surface area (Å²) in [6.45, 7) is 6.95. The lowest BCUT2D eigenvalue weighted by Crippen LogP contribution is -2.51. The molecule has 0 amide bonds. The summed E-state index contributed by atoms with van der Waals surface area (Å²) in [5, 5.41) is 2.26. The standard InChI is InChI=1S/C20H22N2O4S/c1-5-12-7-9-13(10-8-12)14-11-27-16-15(14)17(23)22(19(25)21-16)20(3,4)18(24)26-6-2/h7-11H,5-6H2,1-4H3,(H,21,25). The summed E-state index contributed by atoms with van der Waals surface area (Å²) in [6, 6.07) is 7.97. The number of esters is 1. The van der Waals surface area contributed by atoms with Crippen molar-refractivity contribution in [2.24, 2.45) is 0 Å². The van der Waals surface area contributed by atoms with E-state index in [0.717, 1.165) is 22.1 Å². The van der Waals surface area contributed by atoms with Gasteiger partial charge in [0.25, 0.3) is 5.56 Å². The Balaban J connectivity index is 2.25. The highest BCUT2D eigenvalue weighted by atomic mass is 32.1. The van der Waals surface area contributed by atoms with Gasteiger partial charge in [-0.05, 0) is 38.3 Å². The molecule has 0 spiro atoms. The number of ether oxygens (including phenoxy) is 1. The van der Waals surface area contributed by atoms with Gasteiger partial charge in [0.2, 0.25) is 0 Å². The number of fused-ring (bicyclic) bond motifs is 1. The zero-order valence-corrected chi connectivity index (χ0v) is 16.6. The van der Waals surface area contributed by atoms with E-state index in [0.29, 0.717) is 10.2 Å². The first-order valence-corrected chi connectivity index (χ1v) is 9.72. The van der Waals surface area contributed by atoms with Gasteiger partial charge in [0.1, 0.15) is 10.4 Å². The number of benzene rings is 1. The van der Waals surface area contributed by atoms with Gasteiger partial charge in [-0.25, -0.2) is 14.2 Å². The smallest absolute Gasteiger partial charge is 0.332 e. The summed E-state index contributed by atoms with van der Waals surface area (Å²) in [5.74, 6) is -0.624. The van der Waals surface area contributed by atoms with Crippen molar-refractivity contribution in [1.29, 1.82) is 0 Å². The fourth-order valence-electron chi connectivity index (χ4n) is 3.06. The molecule has 1 N–H and O–H groups in total. The van der Waals surface area contributed by atoms with Crippen LogP contribution in [-0.2, 0) is 21.5 Å². The van der Waals surface area contributed by atoms with Gasteiger partial charge in [0.15, 0.2) is 0 Å². The Labute approximate surface area is 160 Å². The molecular formula is C20H22N2O4S. The van der Waals surface area contributed by atoms with E-state index in [2.05, 4.69) is 11.9 Å². The topological polar surface area (TPSA) is 81.2 Å². The van der Waals surface area contributed by atoms with E-state index in [-0.39, 0.29) is 6.61 Å². The second-order valence-electron chi connectivity index (χ2n) is 6.75. The zero-order valence-electron chi connectivity index (χ0n) is 15.8. The van der Waals surface area contributed by atoms with Crippen molar-refractivity contribution in [3.8, 4) is 11.1 Å². The number of nitrogens with one attached hydrogen (secondary N) is 1.